The van der Waals surface area contributed by atoms with E-state index < -0.39 is 0 Å². The molecule has 0 aliphatic rings. The summed E-state index contributed by atoms with van der Waals surface area (Å²) >= 11 is 0. The summed E-state index contributed by atoms with van der Waals surface area (Å²) in [6.07, 6.45) is 1.95. The van der Waals surface area contributed by atoms with Gasteiger partial charge in [-0.1, -0.05) is 24.3 Å². The maximum Gasteiger partial charge on any atom is 0.221 e. The molecule has 1 aromatic carbocycles. The summed E-state index contributed by atoms with van der Waals surface area (Å²) in [6, 6.07) is 11.3. The molecule has 0 spiro atoms. The predicted octanol–water partition coefficient (Wildman–Crippen LogP) is 1.78. The average molecular weight is 242 g/mol. The Kier molecular flexibility index (Phi) is 3.57. The largest absolute Gasteiger partial charge is 0.481 e. The molecule has 1 amide bonds. The van der Waals surface area contributed by atoms with Gasteiger partial charge in [0.05, 0.1) is 13.5 Å². The van der Waals surface area contributed by atoms with E-state index in [1.165, 1.54) is 0 Å². The molecule has 18 heavy (non-hydrogen) atoms. The van der Waals surface area contributed by atoms with Crippen LogP contribution in [0.25, 0.3) is 11.1 Å². The maximum absolute atomic E-state index is 11.0. The number of aromatic nitrogens is 1. The Hall–Kier alpha value is -2.36. The predicted molar refractivity (Wildman–Crippen MR) is 69.1 cm³/mol. The minimum absolute atomic E-state index is 0.224. The van der Waals surface area contributed by atoms with Gasteiger partial charge in [0.2, 0.25) is 11.8 Å². The molecule has 1 aromatic heterocycles. The van der Waals surface area contributed by atoms with Crippen molar-refractivity contribution in [1.29, 1.82) is 0 Å². The van der Waals surface area contributed by atoms with Gasteiger partial charge in [0.15, 0.2) is 0 Å². The molecule has 0 aliphatic carbocycles. The van der Waals surface area contributed by atoms with Gasteiger partial charge >= 0.3 is 0 Å². The third-order valence-electron chi connectivity index (χ3n) is 2.64. The minimum atomic E-state index is -0.344. The number of nitrogens with zero attached hydrogens (tertiary/aromatic N) is 1. The summed E-state index contributed by atoms with van der Waals surface area (Å²) in [5, 5.41) is 0. The van der Waals surface area contributed by atoms with E-state index in [4.69, 9.17) is 10.5 Å². The Labute approximate surface area is 105 Å². The van der Waals surface area contributed by atoms with Gasteiger partial charge in [0.25, 0.3) is 0 Å². The van der Waals surface area contributed by atoms with Gasteiger partial charge in [-0.25, -0.2) is 4.98 Å². The fraction of sp³-hybridized carbons (Fsp3) is 0.143. The summed E-state index contributed by atoms with van der Waals surface area (Å²) in [7, 11) is 1.57. The smallest absolute Gasteiger partial charge is 0.221 e. The number of carbonyl (C=O) groups is 1. The number of carbonyl (C=O) groups excluding carboxylic acids is 1. The first kappa shape index (κ1) is 12.1. The second-order valence-electron chi connectivity index (χ2n) is 3.89. The third-order valence-corrected chi connectivity index (χ3v) is 2.64. The van der Waals surface area contributed by atoms with Crippen molar-refractivity contribution in [2.24, 2.45) is 5.73 Å². The summed E-state index contributed by atoms with van der Waals surface area (Å²) in [5.74, 6) is 0.218. The highest BCUT2D eigenvalue weighted by Gasteiger charge is 2.07. The van der Waals surface area contributed by atoms with Crippen LogP contribution in [0.2, 0.25) is 0 Å². The highest BCUT2D eigenvalue weighted by atomic mass is 16.5. The van der Waals surface area contributed by atoms with Crippen LogP contribution in [0, 0.1) is 0 Å². The van der Waals surface area contributed by atoms with E-state index in [-0.39, 0.29) is 12.3 Å². The zero-order chi connectivity index (χ0) is 13.0. The molecule has 2 aromatic rings. The molecule has 2 N–H and O–H groups in total. The summed E-state index contributed by atoms with van der Waals surface area (Å²) in [5.41, 5.74) is 8.04. The monoisotopic (exact) mass is 242 g/mol. The molecule has 0 unspecified atom stereocenters. The zero-order valence-corrected chi connectivity index (χ0v) is 10.1. The molecule has 0 atom stereocenters. The molecule has 0 saturated heterocycles. The Morgan fingerprint density at radius 3 is 2.67 bits per heavy atom. The van der Waals surface area contributed by atoms with Crippen molar-refractivity contribution in [2.75, 3.05) is 7.11 Å². The van der Waals surface area contributed by atoms with Crippen molar-refractivity contribution in [1.82, 2.24) is 4.98 Å². The van der Waals surface area contributed by atoms with Crippen LogP contribution in [0.1, 0.15) is 5.56 Å². The lowest BCUT2D eigenvalue weighted by molar-refractivity contribution is -0.117. The van der Waals surface area contributed by atoms with Gasteiger partial charge in [-0.15, -0.1) is 0 Å². The Bertz CT molecular complexity index is 550. The van der Waals surface area contributed by atoms with E-state index in [0.717, 1.165) is 16.7 Å². The lowest BCUT2D eigenvalue weighted by Crippen LogP contribution is -2.14. The highest BCUT2D eigenvalue weighted by molar-refractivity contribution is 5.80. The number of benzene rings is 1. The summed E-state index contributed by atoms with van der Waals surface area (Å²) in [4.78, 5) is 15.2. The lowest BCUT2D eigenvalue weighted by Gasteiger charge is -2.08. The molecule has 0 aliphatic heterocycles. The van der Waals surface area contributed by atoms with Crippen molar-refractivity contribution in [3.8, 4) is 17.0 Å². The van der Waals surface area contributed by atoms with Gasteiger partial charge in [0.1, 0.15) is 0 Å². The molecule has 4 heteroatoms. The molecular weight excluding hydrogens is 228 g/mol. The van der Waals surface area contributed by atoms with Crippen LogP contribution in [0.4, 0.5) is 0 Å². The number of pyridine rings is 1. The molecule has 92 valence electrons. The molecule has 0 radical (unpaired) electrons. The fourth-order valence-electron chi connectivity index (χ4n) is 1.80. The number of hydrogen-bond acceptors (Lipinski definition) is 3. The van der Waals surface area contributed by atoms with Crippen molar-refractivity contribution in [3.63, 3.8) is 0 Å². The second-order valence-corrected chi connectivity index (χ2v) is 3.89. The average Bonchev–Trinajstić information content (AvgIpc) is 2.39. The molecule has 2 rings (SSSR count). The molecule has 4 nitrogen and oxygen atoms in total. The van der Waals surface area contributed by atoms with Crippen LogP contribution in [0.15, 0.2) is 42.6 Å². The molecular formula is C14H14N2O2. The number of amides is 1. The van der Waals surface area contributed by atoms with E-state index in [9.17, 15) is 4.79 Å². The van der Waals surface area contributed by atoms with Crippen molar-refractivity contribution < 1.29 is 9.53 Å². The van der Waals surface area contributed by atoms with Crippen LogP contribution in [-0.2, 0) is 11.2 Å². The fourth-order valence-corrected chi connectivity index (χ4v) is 1.80. The number of rotatable bonds is 4. The normalized spacial score (nSPS) is 10.1. The van der Waals surface area contributed by atoms with Crippen molar-refractivity contribution in [2.45, 2.75) is 6.42 Å². The first-order valence-corrected chi connectivity index (χ1v) is 5.57. The van der Waals surface area contributed by atoms with Crippen LogP contribution >= 0.6 is 0 Å². The number of ether oxygens (including phenoxy) is 1. The lowest BCUT2D eigenvalue weighted by atomic mass is 9.99. The van der Waals surface area contributed by atoms with Crippen molar-refractivity contribution >= 4 is 5.91 Å². The van der Waals surface area contributed by atoms with Crippen LogP contribution in [0.5, 0.6) is 5.88 Å². The molecule has 1 heterocycles. The first-order chi connectivity index (χ1) is 8.70. The first-order valence-electron chi connectivity index (χ1n) is 5.57. The quantitative estimate of drug-likeness (QED) is 0.888. The molecule has 0 saturated carbocycles. The number of primary amides is 1. The standard InChI is InChI=1S/C14H14N2O2/c1-18-14-7-6-11(9-16-14)12-5-3-2-4-10(12)8-13(15)17/h2-7,9H,8H2,1H3,(H2,15,17). The van der Waals surface area contributed by atoms with Crippen LogP contribution in [0.3, 0.4) is 0 Å². The van der Waals surface area contributed by atoms with E-state index in [0.29, 0.717) is 5.88 Å². The second kappa shape index (κ2) is 5.31. The van der Waals surface area contributed by atoms with E-state index >= 15 is 0 Å². The number of hydrogen-bond donors (Lipinski definition) is 1. The van der Waals surface area contributed by atoms with E-state index in [1.807, 2.05) is 30.3 Å². The van der Waals surface area contributed by atoms with Gasteiger partial charge in [-0.2, -0.15) is 0 Å². The van der Waals surface area contributed by atoms with E-state index in [2.05, 4.69) is 4.98 Å². The highest BCUT2D eigenvalue weighted by Crippen LogP contribution is 2.24. The Morgan fingerprint density at radius 1 is 1.28 bits per heavy atom. The van der Waals surface area contributed by atoms with E-state index in [1.54, 1.807) is 19.4 Å². The minimum Gasteiger partial charge on any atom is -0.481 e. The SMILES string of the molecule is COc1ccc(-c2ccccc2CC(N)=O)cn1. The van der Waals surface area contributed by atoms with Gasteiger partial charge < -0.3 is 10.5 Å². The Morgan fingerprint density at radius 2 is 2.06 bits per heavy atom. The third kappa shape index (κ3) is 2.66. The Balaban J connectivity index is 2.39. The maximum atomic E-state index is 11.0. The number of methoxy groups -OCH3 is 1. The molecule has 0 bridgehead atoms. The zero-order valence-electron chi connectivity index (χ0n) is 10.1. The molecule has 0 fully saturated rings. The van der Waals surface area contributed by atoms with Gasteiger partial charge in [0, 0.05) is 17.8 Å². The van der Waals surface area contributed by atoms with Crippen molar-refractivity contribution in [3.05, 3.63) is 48.2 Å². The van der Waals surface area contributed by atoms with Gasteiger partial charge in [-0.3, -0.25) is 4.79 Å². The summed E-state index contributed by atoms with van der Waals surface area (Å²) in [6.45, 7) is 0. The summed E-state index contributed by atoms with van der Waals surface area (Å²) < 4.78 is 5.01. The van der Waals surface area contributed by atoms with Crippen LogP contribution in [-0.4, -0.2) is 18.0 Å². The van der Waals surface area contributed by atoms with Crippen LogP contribution < -0.4 is 10.5 Å². The topological polar surface area (TPSA) is 65.2 Å². The number of nitrogens with two attached hydrogens (primary N) is 1. The van der Waals surface area contributed by atoms with Gasteiger partial charge in [-0.05, 0) is 17.2 Å².